The average Bonchev–Trinajstić information content (AvgIpc) is 3.01. The minimum atomic E-state index is -1.36. The van der Waals surface area contributed by atoms with Crippen LogP contribution in [0.5, 0.6) is 0 Å². The maximum atomic E-state index is 13.6. The van der Waals surface area contributed by atoms with Gasteiger partial charge in [0.1, 0.15) is 30.9 Å². The van der Waals surface area contributed by atoms with E-state index in [0.29, 0.717) is 0 Å². The molecule has 1 aromatic carbocycles. The van der Waals surface area contributed by atoms with Crippen LogP contribution in [-0.4, -0.2) is 39.6 Å². The highest BCUT2D eigenvalue weighted by Crippen LogP contribution is 2.29. The van der Waals surface area contributed by atoms with Gasteiger partial charge in [0.05, 0.1) is 6.61 Å². The topological polar surface area (TPSA) is 103 Å². The van der Waals surface area contributed by atoms with E-state index in [1.54, 1.807) is 0 Å². The van der Waals surface area contributed by atoms with Gasteiger partial charge in [0.25, 0.3) is 0 Å². The Hall–Kier alpha value is -2.78. The molecule has 0 bridgehead atoms. The lowest BCUT2D eigenvalue weighted by Crippen LogP contribution is -2.28. The summed E-state index contributed by atoms with van der Waals surface area (Å²) < 4.78 is 25.1. The average molecular weight is 363 g/mol. The molecule has 0 aliphatic carbocycles. The van der Waals surface area contributed by atoms with E-state index in [9.17, 15) is 14.0 Å². The van der Waals surface area contributed by atoms with Gasteiger partial charge in [0, 0.05) is 12.6 Å². The van der Waals surface area contributed by atoms with E-state index >= 15 is 0 Å². The van der Waals surface area contributed by atoms with Gasteiger partial charge in [0.2, 0.25) is 0 Å². The molecule has 3 rings (SSSR count). The van der Waals surface area contributed by atoms with Crippen molar-refractivity contribution in [2.45, 2.75) is 31.5 Å². The highest BCUT2D eigenvalue weighted by molar-refractivity contribution is 5.83. The van der Waals surface area contributed by atoms with Crippen LogP contribution in [0.4, 0.5) is 15.0 Å². The molecule has 2 N–H and O–H groups in total. The minimum absolute atomic E-state index is 0.0119. The van der Waals surface area contributed by atoms with Crippen molar-refractivity contribution in [3.63, 3.8) is 0 Å². The Morgan fingerprint density at radius 3 is 2.81 bits per heavy atom. The molecular formula is C17H18FN3O5. The number of nitrogens with zero attached hydrogens (tertiary/aromatic N) is 2. The first-order valence-corrected chi connectivity index (χ1v) is 8.04. The number of hydrogen-bond donors (Lipinski definition) is 2. The summed E-state index contributed by atoms with van der Waals surface area (Å²) >= 11 is 0. The first kappa shape index (κ1) is 18.0. The number of halogens is 1. The summed E-state index contributed by atoms with van der Waals surface area (Å²) in [5.74, 6) is 0.0119. The quantitative estimate of drug-likeness (QED) is 0.837. The highest BCUT2D eigenvalue weighted by Gasteiger charge is 2.36. The molecule has 2 aromatic rings. The van der Waals surface area contributed by atoms with Gasteiger partial charge in [0.15, 0.2) is 0 Å². The van der Waals surface area contributed by atoms with E-state index in [1.807, 2.05) is 30.3 Å². The number of nitrogens with one attached hydrogen (secondary N) is 1. The molecule has 8 nitrogen and oxygen atoms in total. The fraction of sp³-hybridized carbons (Fsp3) is 0.353. The number of ether oxygens (including phenoxy) is 2. The van der Waals surface area contributed by atoms with Crippen LogP contribution in [-0.2, 0) is 16.1 Å². The van der Waals surface area contributed by atoms with Gasteiger partial charge >= 0.3 is 11.8 Å². The monoisotopic (exact) mass is 363 g/mol. The molecule has 138 valence electrons. The lowest BCUT2D eigenvalue weighted by molar-refractivity contribution is -0.0355. The molecule has 0 saturated carbocycles. The van der Waals surface area contributed by atoms with Crippen LogP contribution in [0.15, 0.2) is 47.4 Å². The normalized spacial score (nSPS) is 22.2. The van der Waals surface area contributed by atoms with Crippen molar-refractivity contribution in [3.8, 4) is 0 Å². The Labute approximate surface area is 148 Å². The summed E-state index contributed by atoms with van der Waals surface area (Å²) in [6, 6.07) is 10.5. The smallest absolute Gasteiger partial charge is 0.413 e. The van der Waals surface area contributed by atoms with Crippen molar-refractivity contribution in [1.82, 2.24) is 9.55 Å². The molecule has 1 saturated heterocycles. The lowest BCUT2D eigenvalue weighted by atomic mass is 10.2. The van der Waals surface area contributed by atoms with E-state index in [-0.39, 0.29) is 18.8 Å². The van der Waals surface area contributed by atoms with Crippen LogP contribution in [0.25, 0.3) is 0 Å². The Bertz CT molecular complexity index is 814. The van der Waals surface area contributed by atoms with Gasteiger partial charge in [-0.3, -0.25) is 9.88 Å². The molecule has 2 heterocycles. The third kappa shape index (κ3) is 4.24. The second-order valence-electron chi connectivity index (χ2n) is 5.75. The Kier molecular flexibility index (Phi) is 5.59. The van der Waals surface area contributed by atoms with Crippen molar-refractivity contribution < 1.29 is 23.8 Å². The van der Waals surface area contributed by atoms with E-state index in [2.05, 4.69) is 10.3 Å². The first-order chi connectivity index (χ1) is 12.6. The number of anilines is 1. The maximum Gasteiger partial charge on any atom is 0.413 e. The summed E-state index contributed by atoms with van der Waals surface area (Å²) in [7, 11) is 0. The van der Waals surface area contributed by atoms with Crippen LogP contribution in [0.2, 0.25) is 0 Å². The third-order valence-corrected chi connectivity index (χ3v) is 3.93. The highest BCUT2D eigenvalue weighted by atomic mass is 19.1. The molecule has 0 spiro atoms. The molecule has 9 heteroatoms. The summed E-state index contributed by atoms with van der Waals surface area (Å²) in [6.45, 7) is -0.382. The molecule has 1 unspecified atom stereocenters. The van der Waals surface area contributed by atoms with Gasteiger partial charge in [-0.25, -0.2) is 14.0 Å². The molecule has 1 aliphatic rings. The SMILES string of the molecule is O=C(Nc1ccn([C@H]2CC(F)[C@@H](CO)O2)c(=O)n1)OCc1ccccc1. The second-order valence-corrected chi connectivity index (χ2v) is 5.75. The number of carbonyl (C=O) groups excluding carboxylic acids is 1. The molecule has 1 fully saturated rings. The fourth-order valence-corrected chi connectivity index (χ4v) is 2.59. The standard InChI is InChI=1S/C17H18FN3O5/c18-12-8-15(26-13(12)9-22)21-7-6-14(19-16(21)23)20-17(24)25-10-11-4-2-1-3-5-11/h1-7,12-13,15,22H,8-10H2,(H,19,20,23,24)/t12?,13-,15-/m1/s1. The lowest BCUT2D eigenvalue weighted by Gasteiger charge is -2.14. The predicted molar refractivity (Wildman–Crippen MR) is 89.3 cm³/mol. The van der Waals surface area contributed by atoms with Gasteiger partial charge in [-0.1, -0.05) is 30.3 Å². The number of aliphatic hydroxyl groups is 1. The van der Waals surface area contributed by atoms with Crippen molar-refractivity contribution >= 4 is 11.9 Å². The van der Waals surface area contributed by atoms with Crippen molar-refractivity contribution in [2.24, 2.45) is 0 Å². The number of benzene rings is 1. The number of rotatable bonds is 5. The number of carbonyl (C=O) groups is 1. The van der Waals surface area contributed by atoms with Crippen LogP contribution in [0.3, 0.4) is 0 Å². The molecule has 1 amide bonds. The van der Waals surface area contributed by atoms with Crippen LogP contribution in [0.1, 0.15) is 18.2 Å². The summed E-state index contributed by atoms with van der Waals surface area (Å²) in [6.07, 6.45) is -2.63. The van der Waals surface area contributed by atoms with E-state index in [1.165, 1.54) is 12.3 Å². The van der Waals surface area contributed by atoms with Gasteiger partial charge in [-0.2, -0.15) is 4.98 Å². The van der Waals surface area contributed by atoms with Crippen LogP contribution < -0.4 is 11.0 Å². The second kappa shape index (κ2) is 8.07. The zero-order valence-electron chi connectivity index (χ0n) is 13.7. The van der Waals surface area contributed by atoms with Crippen molar-refractivity contribution in [2.75, 3.05) is 11.9 Å². The molecule has 26 heavy (non-hydrogen) atoms. The number of amides is 1. The van der Waals surface area contributed by atoms with Crippen LogP contribution >= 0.6 is 0 Å². The summed E-state index contributed by atoms with van der Waals surface area (Å²) in [5, 5.41) is 11.4. The Morgan fingerprint density at radius 1 is 1.38 bits per heavy atom. The third-order valence-electron chi connectivity index (χ3n) is 3.93. The number of aromatic nitrogens is 2. The number of aliphatic hydroxyl groups excluding tert-OH is 1. The summed E-state index contributed by atoms with van der Waals surface area (Å²) in [4.78, 5) is 27.6. The first-order valence-electron chi connectivity index (χ1n) is 8.04. The largest absolute Gasteiger partial charge is 0.444 e. The molecule has 3 atom stereocenters. The fourth-order valence-electron chi connectivity index (χ4n) is 2.59. The Morgan fingerprint density at radius 2 is 2.15 bits per heavy atom. The Balaban J connectivity index is 1.59. The van der Waals surface area contributed by atoms with Crippen molar-refractivity contribution in [1.29, 1.82) is 0 Å². The molecule has 1 aromatic heterocycles. The van der Waals surface area contributed by atoms with E-state index in [0.717, 1.165) is 10.1 Å². The number of hydrogen-bond acceptors (Lipinski definition) is 6. The molecule has 1 aliphatic heterocycles. The molecular weight excluding hydrogens is 345 g/mol. The number of alkyl halides is 1. The van der Waals surface area contributed by atoms with Crippen molar-refractivity contribution in [3.05, 3.63) is 58.6 Å². The minimum Gasteiger partial charge on any atom is -0.444 e. The van der Waals surface area contributed by atoms with E-state index < -0.39 is 36.9 Å². The maximum absolute atomic E-state index is 13.6. The summed E-state index contributed by atoms with van der Waals surface area (Å²) in [5.41, 5.74) is 0.116. The zero-order chi connectivity index (χ0) is 18.5. The van der Waals surface area contributed by atoms with E-state index in [4.69, 9.17) is 14.6 Å². The molecule has 0 radical (unpaired) electrons. The van der Waals surface area contributed by atoms with Gasteiger partial charge < -0.3 is 14.6 Å². The predicted octanol–water partition coefficient (Wildman–Crippen LogP) is 1.61. The van der Waals surface area contributed by atoms with Crippen LogP contribution in [0, 0.1) is 0 Å². The van der Waals surface area contributed by atoms with Gasteiger partial charge in [-0.15, -0.1) is 0 Å². The van der Waals surface area contributed by atoms with Gasteiger partial charge in [-0.05, 0) is 11.6 Å². The zero-order valence-corrected chi connectivity index (χ0v) is 13.7.